The van der Waals surface area contributed by atoms with Crippen LogP contribution in [0, 0.1) is 11.8 Å². The number of hydrogen-bond donors (Lipinski definition) is 1. The fourth-order valence-corrected chi connectivity index (χ4v) is 2.63. The summed E-state index contributed by atoms with van der Waals surface area (Å²) in [4.78, 5) is 0.338. The van der Waals surface area contributed by atoms with Crippen molar-refractivity contribution in [3.63, 3.8) is 0 Å². The van der Waals surface area contributed by atoms with Crippen molar-refractivity contribution in [1.29, 1.82) is 0 Å². The second-order valence-electron chi connectivity index (χ2n) is 4.85. The summed E-state index contributed by atoms with van der Waals surface area (Å²) in [5.41, 5.74) is 3.11. The Morgan fingerprint density at radius 2 is 1.91 bits per heavy atom. The average Bonchev–Trinajstić information content (AvgIpc) is 2.88. The predicted octanol–water partition coefficient (Wildman–Crippen LogP) is 5.01. The third-order valence-electron chi connectivity index (χ3n) is 3.20. The van der Waals surface area contributed by atoms with Crippen LogP contribution in [-0.4, -0.2) is 9.78 Å². The van der Waals surface area contributed by atoms with E-state index in [-0.39, 0.29) is 0 Å². The first-order chi connectivity index (χ1) is 10.6. The Balaban J connectivity index is 1.80. The van der Waals surface area contributed by atoms with Crippen molar-refractivity contribution in [1.82, 2.24) is 9.78 Å². The van der Waals surface area contributed by atoms with Gasteiger partial charge in [0, 0.05) is 10.2 Å². The predicted molar refractivity (Wildman–Crippen MR) is 93.3 cm³/mol. The molecule has 0 unspecified atom stereocenters. The van der Waals surface area contributed by atoms with Crippen molar-refractivity contribution in [3.8, 4) is 11.5 Å². The van der Waals surface area contributed by atoms with Crippen molar-refractivity contribution in [2.24, 2.45) is 0 Å². The molecule has 3 aromatic rings. The van der Waals surface area contributed by atoms with E-state index in [1.54, 1.807) is 4.68 Å². The van der Waals surface area contributed by atoms with Gasteiger partial charge in [-0.05, 0) is 59.3 Å². The molecule has 0 aliphatic carbocycles. The summed E-state index contributed by atoms with van der Waals surface area (Å²) in [6.45, 7) is 2.51. The SMILES string of the molecule is Cc1ccc(NCn2nc(-c3ccccc3Br)oc2=S)cc1. The molecule has 0 atom stereocenters. The Labute approximate surface area is 141 Å². The summed E-state index contributed by atoms with van der Waals surface area (Å²) >= 11 is 8.72. The van der Waals surface area contributed by atoms with Crippen molar-refractivity contribution in [2.45, 2.75) is 13.6 Å². The molecule has 0 aliphatic rings. The number of halogens is 1. The van der Waals surface area contributed by atoms with Crippen molar-refractivity contribution in [2.75, 3.05) is 5.32 Å². The lowest BCUT2D eigenvalue weighted by molar-refractivity contribution is 0.522. The summed E-state index contributed by atoms with van der Waals surface area (Å²) in [6, 6.07) is 15.9. The third-order valence-corrected chi connectivity index (χ3v) is 4.18. The van der Waals surface area contributed by atoms with Gasteiger partial charge in [0.05, 0.1) is 5.56 Å². The quantitative estimate of drug-likeness (QED) is 0.650. The second-order valence-corrected chi connectivity index (χ2v) is 6.06. The molecular weight excluding hydrogens is 362 g/mol. The normalized spacial score (nSPS) is 10.6. The van der Waals surface area contributed by atoms with Crippen LogP contribution in [0.2, 0.25) is 0 Å². The maximum atomic E-state index is 5.59. The van der Waals surface area contributed by atoms with E-state index in [1.165, 1.54) is 5.56 Å². The lowest BCUT2D eigenvalue weighted by Gasteiger charge is -2.05. The molecule has 0 aliphatic heterocycles. The zero-order valence-corrected chi connectivity index (χ0v) is 14.3. The maximum absolute atomic E-state index is 5.59. The van der Waals surface area contributed by atoms with E-state index >= 15 is 0 Å². The van der Waals surface area contributed by atoms with Crippen LogP contribution in [0.5, 0.6) is 0 Å². The van der Waals surface area contributed by atoms with Gasteiger partial charge in [0.25, 0.3) is 4.84 Å². The van der Waals surface area contributed by atoms with Gasteiger partial charge in [0.1, 0.15) is 6.67 Å². The van der Waals surface area contributed by atoms with E-state index in [0.29, 0.717) is 17.4 Å². The molecule has 0 saturated heterocycles. The Hall–Kier alpha value is -1.92. The van der Waals surface area contributed by atoms with Crippen LogP contribution in [0.15, 0.2) is 57.4 Å². The first-order valence-corrected chi connectivity index (χ1v) is 7.97. The van der Waals surface area contributed by atoms with Gasteiger partial charge < -0.3 is 9.73 Å². The first kappa shape index (κ1) is 15.0. The Morgan fingerprint density at radius 1 is 1.18 bits per heavy atom. The van der Waals surface area contributed by atoms with E-state index in [0.717, 1.165) is 15.7 Å². The molecule has 1 heterocycles. The molecule has 0 amide bonds. The Morgan fingerprint density at radius 3 is 2.64 bits per heavy atom. The van der Waals surface area contributed by atoms with Gasteiger partial charge in [-0.1, -0.05) is 29.8 Å². The maximum Gasteiger partial charge on any atom is 0.289 e. The summed E-state index contributed by atoms with van der Waals surface area (Å²) in [6.07, 6.45) is 0. The van der Waals surface area contributed by atoms with Crippen LogP contribution in [0.4, 0.5) is 5.69 Å². The Bertz CT molecular complexity index is 839. The number of benzene rings is 2. The largest absolute Gasteiger partial charge is 0.409 e. The number of aryl methyl sites for hydroxylation is 1. The summed E-state index contributed by atoms with van der Waals surface area (Å²) in [5.74, 6) is 0.503. The molecule has 6 heteroatoms. The molecule has 0 saturated carbocycles. The highest BCUT2D eigenvalue weighted by atomic mass is 79.9. The minimum Gasteiger partial charge on any atom is -0.409 e. The van der Waals surface area contributed by atoms with Gasteiger partial charge in [-0.25, -0.2) is 4.68 Å². The molecule has 0 bridgehead atoms. The summed E-state index contributed by atoms with van der Waals surface area (Å²) < 4.78 is 8.14. The van der Waals surface area contributed by atoms with Crippen molar-refractivity contribution < 1.29 is 4.42 Å². The molecule has 1 N–H and O–H groups in total. The molecule has 0 radical (unpaired) electrons. The van der Waals surface area contributed by atoms with Gasteiger partial charge in [0.2, 0.25) is 5.89 Å². The molecular formula is C16H14BrN3OS. The van der Waals surface area contributed by atoms with Crippen LogP contribution in [0.25, 0.3) is 11.5 Å². The smallest absolute Gasteiger partial charge is 0.289 e. The number of hydrogen-bond acceptors (Lipinski definition) is 4. The first-order valence-electron chi connectivity index (χ1n) is 6.77. The van der Waals surface area contributed by atoms with Crippen LogP contribution in [0.3, 0.4) is 0 Å². The highest BCUT2D eigenvalue weighted by Crippen LogP contribution is 2.26. The molecule has 2 aromatic carbocycles. The minimum atomic E-state index is 0.338. The fourth-order valence-electron chi connectivity index (χ4n) is 1.99. The Kier molecular flexibility index (Phi) is 4.40. The highest BCUT2D eigenvalue weighted by Gasteiger charge is 2.10. The molecule has 0 fully saturated rings. The number of anilines is 1. The molecule has 1 aromatic heterocycles. The van der Waals surface area contributed by atoms with Crippen LogP contribution in [0.1, 0.15) is 5.56 Å². The van der Waals surface area contributed by atoms with Gasteiger partial charge in [0.15, 0.2) is 0 Å². The third kappa shape index (κ3) is 3.28. The van der Waals surface area contributed by atoms with E-state index in [4.69, 9.17) is 16.6 Å². The van der Waals surface area contributed by atoms with E-state index < -0.39 is 0 Å². The number of nitrogens with one attached hydrogen (secondary N) is 1. The monoisotopic (exact) mass is 375 g/mol. The standard InChI is InChI=1S/C16H14BrN3OS/c1-11-6-8-12(9-7-11)18-10-20-16(22)21-15(19-20)13-4-2-3-5-14(13)17/h2-9,18H,10H2,1H3. The molecule has 112 valence electrons. The van der Waals surface area contributed by atoms with Gasteiger partial charge in [-0.2, -0.15) is 0 Å². The molecule has 4 nitrogen and oxygen atoms in total. The van der Waals surface area contributed by atoms with Gasteiger partial charge >= 0.3 is 0 Å². The summed E-state index contributed by atoms with van der Waals surface area (Å²) in [7, 11) is 0. The molecule has 0 spiro atoms. The zero-order valence-electron chi connectivity index (χ0n) is 11.9. The lowest BCUT2D eigenvalue weighted by Crippen LogP contribution is -2.09. The zero-order chi connectivity index (χ0) is 15.5. The lowest BCUT2D eigenvalue weighted by atomic mass is 10.2. The number of nitrogens with zero attached hydrogens (tertiary/aromatic N) is 2. The summed E-state index contributed by atoms with van der Waals surface area (Å²) in [5, 5.41) is 7.70. The van der Waals surface area contributed by atoms with Gasteiger partial charge in [-0.15, -0.1) is 5.10 Å². The van der Waals surface area contributed by atoms with Crippen LogP contribution in [-0.2, 0) is 6.67 Å². The minimum absolute atomic E-state index is 0.338. The average molecular weight is 376 g/mol. The number of aromatic nitrogens is 2. The van der Waals surface area contributed by atoms with Crippen LogP contribution < -0.4 is 5.32 Å². The topological polar surface area (TPSA) is 43.0 Å². The molecule has 22 heavy (non-hydrogen) atoms. The second kappa shape index (κ2) is 6.46. The van der Waals surface area contributed by atoms with E-state index in [2.05, 4.69) is 45.4 Å². The van der Waals surface area contributed by atoms with E-state index in [1.807, 2.05) is 36.4 Å². The van der Waals surface area contributed by atoms with Crippen molar-refractivity contribution >= 4 is 33.8 Å². The van der Waals surface area contributed by atoms with E-state index in [9.17, 15) is 0 Å². The van der Waals surface area contributed by atoms with Crippen molar-refractivity contribution in [3.05, 3.63) is 63.4 Å². The van der Waals surface area contributed by atoms with Gasteiger partial charge in [-0.3, -0.25) is 0 Å². The number of rotatable bonds is 4. The highest BCUT2D eigenvalue weighted by molar-refractivity contribution is 9.10. The molecule has 3 rings (SSSR count). The fraction of sp³-hybridized carbons (Fsp3) is 0.125. The van der Waals surface area contributed by atoms with Crippen LogP contribution >= 0.6 is 28.1 Å².